The molecule has 0 bridgehead atoms. The van der Waals surface area contributed by atoms with Crippen molar-refractivity contribution in [2.24, 2.45) is 0 Å². The summed E-state index contributed by atoms with van der Waals surface area (Å²) in [5.74, 6) is 1.77. The Morgan fingerprint density at radius 1 is 0.947 bits per heavy atom. The van der Waals surface area contributed by atoms with Gasteiger partial charge in [0.25, 0.3) is 0 Å². The van der Waals surface area contributed by atoms with Crippen molar-refractivity contribution in [3.05, 3.63) is 58.1 Å². The van der Waals surface area contributed by atoms with Crippen molar-refractivity contribution in [3.63, 3.8) is 0 Å². The summed E-state index contributed by atoms with van der Waals surface area (Å²) in [7, 11) is 0. The summed E-state index contributed by atoms with van der Waals surface area (Å²) in [6.45, 7) is 5.22. The van der Waals surface area contributed by atoms with Gasteiger partial charge in [-0.05, 0) is 49.2 Å². The molecular weight excluding hydrogens is 304 g/mol. The maximum absolute atomic E-state index is 5.73. The molecule has 0 saturated carbocycles. The molecule has 0 unspecified atom stereocenters. The highest BCUT2D eigenvalue weighted by molar-refractivity contribution is 9.10. The molecule has 2 rings (SSSR count). The van der Waals surface area contributed by atoms with Gasteiger partial charge in [-0.25, -0.2) is 0 Å². The number of ether oxygens (including phenoxy) is 2. The Balaban J connectivity index is 1.82. The molecule has 0 aromatic heterocycles. The minimum Gasteiger partial charge on any atom is -0.490 e. The normalized spacial score (nSPS) is 10.3. The number of hydrogen-bond donors (Lipinski definition) is 0. The van der Waals surface area contributed by atoms with E-state index in [1.165, 1.54) is 11.1 Å². The van der Waals surface area contributed by atoms with Crippen molar-refractivity contribution < 1.29 is 9.47 Å². The summed E-state index contributed by atoms with van der Waals surface area (Å²) in [6, 6.07) is 13.9. The number of rotatable bonds is 5. The Kier molecular flexibility index (Phi) is 4.86. The van der Waals surface area contributed by atoms with Gasteiger partial charge in [0, 0.05) is 4.47 Å². The predicted octanol–water partition coefficient (Wildman–Crippen LogP) is 4.52. The second kappa shape index (κ2) is 6.62. The Bertz CT molecular complexity index is 552. The van der Waals surface area contributed by atoms with E-state index in [0.717, 1.165) is 16.0 Å². The molecule has 0 aliphatic heterocycles. The summed E-state index contributed by atoms with van der Waals surface area (Å²) in [5.41, 5.74) is 2.43. The summed E-state index contributed by atoms with van der Waals surface area (Å²) in [6.07, 6.45) is 0. The molecule has 0 aliphatic carbocycles. The molecule has 0 saturated heterocycles. The smallest absolute Gasteiger partial charge is 0.122 e. The Morgan fingerprint density at radius 3 is 2.47 bits per heavy atom. The van der Waals surface area contributed by atoms with Gasteiger partial charge < -0.3 is 9.47 Å². The maximum atomic E-state index is 5.73. The SMILES string of the molecule is Cc1cccc(OCCOc2cccc(Br)c2)c1C. The van der Waals surface area contributed by atoms with Gasteiger partial charge in [0.2, 0.25) is 0 Å². The third kappa shape index (κ3) is 4.00. The van der Waals surface area contributed by atoms with Crippen LogP contribution in [0.3, 0.4) is 0 Å². The molecule has 3 heteroatoms. The first-order valence-corrected chi connectivity index (χ1v) is 7.03. The van der Waals surface area contributed by atoms with E-state index in [0.29, 0.717) is 13.2 Å². The van der Waals surface area contributed by atoms with Gasteiger partial charge in [0.1, 0.15) is 24.7 Å². The first kappa shape index (κ1) is 13.9. The lowest BCUT2D eigenvalue weighted by Crippen LogP contribution is -2.09. The summed E-state index contributed by atoms with van der Waals surface area (Å²) in [5, 5.41) is 0. The van der Waals surface area contributed by atoms with Gasteiger partial charge in [-0.15, -0.1) is 0 Å². The molecule has 100 valence electrons. The zero-order chi connectivity index (χ0) is 13.7. The van der Waals surface area contributed by atoms with Crippen LogP contribution in [0, 0.1) is 13.8 Å². The first-order valence-electron chi connectivity index (χ1n) is 6.24. The van der Waals surface area contributed by atoms with Crippen LogP contribution in [0.15, 0.2) is 46.9 Å². The summed E-state index contributed by atoms with van der Waals surface area (Å²) in [4.78, 5) is 0. The average molecular weight is 321 g/mol. The second-order valence-corrected chi connectivity index (χ2v) is 5.27. The molecule has 19 heavy (non-hydrogen) atoms. The lowest BCUT2D eigenvalue weighted by atomic mass is 10.1. The van der Waals surface area contributed by atoms with E-state index in [1.54, 1.807) is 0 Å². The lowest BCUT2D eigenvalue weighted by molar-refractivity contribution is 0.216. The van der Waals surface area contributed by atoms with E-state index in [1.807, 2.05) is 36.4 Å². The molecule has 0 N–H and O–H groups in total. The van der Waals surface area contributed by atoms with Crippen LogP contribution in [0.4, 0.5) is 0 Å². The fourth-order valence-electron chi connectivity index (χ4n) is 1.75. The highest BCUT2D eigenvalue weighted by atomic mass is 79.9. The first-order chi connectivity index (χ1) is 9.16. The third-order valence-corrected chi connectivity index (χ3v) is 3.45. The van der Waals surface area contributed by atoms with E-state index in [-0.39, 0.29) is 0 Å². The topological polar surface area (TPSA) is 18.5 Å². The molecule has 0 radical (unpaired) electrons. The fraction of sp³-hybridized carbons (Fsp3) is 0.250. The van der Waals surface area contributed by atoms with Crippen molar-refractivity contribution in [1.29, 1.82) is 0 Å². The minimum atomic E-state index is 0.532. The number of aryl methyl sites for hydroxylation is 1. The van der Waals surface area contributed by atoms with Gasteiger partial charge in [0.15, 0.2) is 0 Å². The van der Waals surface area contributed by atoms with E-state index >= 15 is 0 Å². The highest BCUT2D eigenvalue weighted by Crippen LogP contribution is 2.21. The molecule has 0 spiro atoms. The van der Waals surface area contributed by atoms with Crippen molar-refractivity contribution in [3.8, 4) is 11.5 Å². The molecule has 0 atom stereocenters. The monoisotopic (exact) mass is 320 g/mol. The fourth-order valence-corrected chi connectivity index (χ4v) is 2.13. The van der Waals surface area contributed by atoms with Crippen LogP contribution in [0.2, 0.25) is 0 Å². The predicted molar refractivity (Wildman–Crippen MR) is 81.0 cm³/mol. The molecule has 0 fully saturated rings. The molecular formula is C16H17BrO2. The lowest BCUT2D eigenvalue weighted by Gasteiger charge is -2.11. The van der Waals surface area contributed by atoms with Crippen LogP contribution in [0.5, 0.6) is 11.5 Å². The largest absolute Gasteiger partial charge is 0.490 e. The van der Waals surface area contributed by atoms with E-state index in [2.05, 4.69) is 35.8 Å². The minimum absolute atomic E-state index is 0.532. The third-order valence-electron chi connectivity index (χ3n) is 2.96. The van der Waals surface area contributed by atoms with Gasteiger partial charge in [0.05, 0.1) is 0 Å². The molecule has 2 aromatic carbocycles. The van der Waals surface area contributed by atoms with Crippen LogP contribution in [0.25, 0.3) is 0 Å². The highest BCUT2D eigenvalue weighted by Gasteiger charge is 2.01. The Labute approximate surface area is 122 Å². The summed E-state index contributed by atoms with van der Waals surface area (Å²) >= 11 is 3.41. The molecule has 0 aliphatic rings. The van der Waals surface area contributed by atoms with E-state index < -0.39 is 0 Å². The Morgan fingerprint density at radius 2 is 1.68 bits per heavy atom. The van der Waals surface area contributed by atoms with Crippen LogP contribution in [-0.2, 0) is 0 Å². The quantitative estimate of drug-likeness (QED) is 0.754. The molecule has 0 heterocycles. The number of halogens is 1. The number of benzene rings is 2. The molecule has 2 nitrogen and oxygen atoms in total. The molecule has 0 amide bonds. The van der Waals surface area contributed by atoms with Crippen molar-refractivity contribution in [2.75, 3.05) is 13.2 Å². The van der Waals surface area contributed by atoms with E-state index in [4.69, 9.17) is 9.47 Å². The zero-order valence-corrected chi connectivity index (χ0v) is 12.7. The van der Waals surface area contributed by atoms with Gasteiger partial charge >= 0.3 is 0 Å². The number of hydrogen-bond acceptors (Lipinski definition) is 2. The van der Waals surface area contributed by atoms with E-state index in [9.17, 15) is 0 Å². The van der Waals surface area contributed by atoms with Gasteiger partial charge in [-0.1, -0.05) is 34.1 Å². The van der Waals surface area contributed by atoms with Gasteiger partial charge in [-0.2, -0.15) is 0 Å². The second-order valence-electron chi connectivity index (χ2n) is 4.35. The summed E-state index contributed by atoms with van der Waals surface area (Å²) < 4.78 is 12.4. The van der Waals surface area contributed by atoms with Crippen LogP contribution in [-0.4, -0.2) is 13.2 Å². The van der Waals surface area contributed by atoms with Crippen LogP contribution in [0.1, 0.15) is 11.1 Å². The molecule has 2 aromatic rings. The average Bonchev–Trinajstić information content (AvgIpc) is 2.39. The van der Waals surface area contributed by atoms with Crippen LogP contribution < -0.4 is 9.47 Å². The van der Waals surface area contributed by atoms with Crippen molar-refractivity contribution >= 4 is 15.9 Å². The maximum Gasteiger partial charge on any atom is 0.122 e. The van der Waals surface area contributed by atoms with Crippen molar-refractivity contribution in [2.45, 2.75) is 13.8 Å². The standard InChI is InChI=1S/C16H17BrO2/c1-12-5-3-8-16(13(12)2)19-10-9-18-15-7-4-6-14(17)11-15/h3-8,11H,9-10H2,1-2H3. The Hall–Kier alpha value is -1.48. The van der Waals surface area contributed by atoms with Crippen molar-refractivity contribution in [1.82, 2.24) is 0 Å². The van der Waals surface area contributed by atoms with Crippen LogP contribution >= 0.6 is 15.9 Å². The van der Waals surface area contributed by atoms with Gasteiger partial charge in [-0.3, -0.25) is 0 Å². The zero-order valence-electron chi connectivity index (χ0n) is 11.2.